The van der Waals surface area contributed by atoms with E-state index >= 15 is 0 Å². The molecule has 3 nitrogen and oxygen atoms in total. The molecule has 0 radical (unpaired) electrons. The molecule has 2 N–H and O–H groups in total. The molecule has 1 aromatic carbocycles. The van der Waals surface area contributed by atoms with Gasteiger partial charge in [-0.2, -0.15) is 0 Å². The van der Waals surface area contributed by atoms with Crippen LogP contribution in [0, 0.1) is 12.7 Å². The topological polar surface area (TPSA) is 36.4 Å². The number of guanidine groups is 1. The van der Waals surface area contributed by atoms with Crippen molar-refractivity contribution < 1.29 is 4.39 Å². The second-order valence-electron chi connectivity index (χ2n) is 4.64. The van der Waals surface area contributed by atoms with E-state index in [1.807, 2.05) is 6.07 Å². The lowest BCUT2D eigenvalue weighted by molar-refractivity contribution is 0.615. The van der Waals surface area contributed by atoms with Crippen molar-refractivity contribution in [1.82, 2.24) is 10.6 Å². The average Bonchev–Trinajstić information content (AvgIpc) is 2.42. The molecule has 0 aliphatic carbocycles. The van der Waals surface area contributed by atoms with Crippen LogP contribution in [0.2, 0.25) is 0 Å². The zero-order chi connectivity index (χ0) is 14.1. The van der Waals surface area contributed by atoms with Crippen molar-refractivity contribution in [2.45, 2.75) is 39.7 Å². The Kier molecular flexibility index (Phi) is 6.93. The first kappa shape index (κ1) is 15.5. The zero-order valence-electron chi connectivity index (χ0n) is 12.1. The lowest BCUT2D eigenvalue weighted by Gasteiger charge is -2.12. The van der Waals surface area contributed by atoms with Crippen molar-refractivity contribution in [1.29, 1.82) is 0 Å². The molecule has 0 fully saturated rings. The van der Waals surface area contributed by atoms with Crippen molar-refractivity contribution in [3.63, 3.8) is 0 Å². The Bertz CT molecular complexity index is 416. The fraction of sp³-hybridized carbons (Fsp3) is 0.533. The molecule has 0 heterocycles. The van der Waals surface area contributed by atoms with Gasteiger partial charge in [0, 0.05) is 20.1 Å². The van der Waals surface area contributed by atoms with Crippen LogP contribution in [-0.2, 0) is 6.54 Å². The van der Waals surface area contributed by atoms with Gasteiger partial charge in [-0.05, 0) is 30.5 Å². The van der Waals surface area contributed by atoms with Crippen LogP contribution in [0.15, 0.2) is 23.2 Å². The summed E-state index contributed by atoms with van der Waals surface area (Å²) in [6, 6.07) is 5.28. The van der Waals surface area contributed by atoms with E-state index in [1.165, 1.54) is 12.8 Å². The molecule has 0 saturated carbocycles. The van der Waals surface area contributed by atoms with Crippen molar-refractivity contribution in [3.8, 4) is 0 Å². The maximum Gasteiger partial charge on any atom is 0.191 e. The van der Waals surface area contributed by atoms with E-state index in [1.54, 1.807) is 26.1 Å². The molecule has 4 heteroatoms. The molecule has 106 valence electrons. The molecule has 1 rings (SSSR count). The highest BCUT2D eigenvalue weighted by atomic mass is 19.1. The van der Waals surface area contributed by atoms with Gasteiger partial charge in [-0.3, -0.25) is 4.99 Å². The Balaban J connectivity index is 2.38. The van der Waals surface area contributed by atoms with Gasteiger partial charge < -0.3 is 10.6 Å². The van der Waals surface area contributed by atoms with E-state index in [0.29, 0.717) is 12.1 Å². The smallest absolute Gasteiger partial charge is 0.191 e. The number of nitrogens with zero attached hydrogens (tertiary/aromatic N) is 1. The molecule has 0 amide bonds. The summed E-state index contributed by atoms with van der Waals surface area (Å²) in [5, 5.41) is 6.43. The molecule has 0 spiro atoms. The standard InChI is InChI=1S/C15H24FN3/c1-4-5-6-9-18-15(17-3)19-11-13-8-7-12(2)14(16)10-13/h7-8,10H,4-6,9,11H2,1-3H3,(H2,17,18,19). The molecule has 19 heavy (non-hydrogen) atoms. The Hall–Kier alpha value is -1.58. The molecular formula is C15H24FN3. The largest absolute Gasteiger partial charge is 0.356 e. The molecule has 1 aromatic rings. The van der Waals surface area contributed by atoms with Gasteiger partial charge in [0.2, 0.25) is 0 Å². The highest BCUT2D eigenvalue weighted by Gasteiger charge is 2.01. The number of aryl methyl sites for hydroxylation is 1. The fourth-order valence-corrected chi connectivity index (χ4v) is 1.73. The fourth-order valence-electron chi connectivity index (χ4n) is 1.73. The maximum absolute atomic E-state index is 13.4. The van der Waals surface area contributed by atoms with Gasteiger partial charge >= 0.3 is 0 Å². The second-order valence-corrected chi connectivity index (χ2v) is 4.64. The first-order valence-corrected chi connectivity index (χ1v) is 6.87. The summed E-state index contributed by atoms with van der Waals surface area (Å²) in [6.07, 6.45) is 3.56. The summed E-state index contributed by atoms with van der Waals surface area (Å²) in [5.41, 5.74) is 1.59. The number of hydrogen-bond acceptors (Lipinski definition) is 1. The predicted molar refractivity (Wildman–Crippen MR) is 78.9 cm³/mol. The Morgan fingerprint density at radius 2 is 2.05 bits per heavy atom. The zero-order valence-corrected chi connectivity index (χ0v) is 12.1. The summed E-state index contributed by atoms with van der Waals surface area (Å²) in [7, 11) is 1.74. The average molecular weight is 265 g/mol. The molecule has 0 unspecified atom stereocenters. The van der Waals surface area contributed by atoms with E-state index in [0.717, 1.165) is 24.5 Å². The van der Waals surface area contributed by atoms with Crippen LogP contribution >= 0.6 is 0 Å². The molecule has 0 aromatic heterocycles. The third kappa shape index (κ3) is 5.73. The van der Waals surface area contributed by atoms with E-state index in [9.17, 15) is 4.39 Å². The van der Waals surface area contributed by atoms with Crippen LogP contribution in [0.1, 0.15) is 37.3 Å². The Morgan fingerprint density at radius 3 is 2.68 bits per heavy atom. The molecule has 0 atom stereocenters. The van der Waals surface area contributed by atoms with E-state index in [2.05, 4.69) is 22.5 Å². The van der Waals surface area contributed by atoms with E-state index in [-0.39, 0.29) is 5.82 Å². The Morgan fingerprint density at radius 1 is 1.26 bits per heavy atom. The van der Waals surface area contributed by atoms with Gasteiger partial charge in [0.05, 0.1) is 0 Å². The van der Waals surface area contributed by atoms with Crippen LogP contribution in [0.4, 0.5) is 4.39 Å². The number of hydrogen-bond donors (Lipinski definition) is 2. The third-order valence-electron chi connectivity index (χ3n) is 2.99. The maximum atomic E-state index is 13.4. The summed E-state index contributed by atoms with van der Waals surface area (Å²) in [5.74, 6) is 0.599. The number of rotatable bonds is 6. The van der Waals surface area contributed by atoms with Gasteiger partial charge in [-0.25, -0.2) is 4.39 Å². The van der Waals surface area contributed by atoms with Crippen LogP contribution in [0.25, 0.3) is 0 Å². The number of unbranched alkanes of at least 4 members (excludes halogenated alkanes) is 2. The van der Waals surface area contributed by atoms with Gasteiger partial charge in [0.1, 0.15) is 5.82 Å². The molecular weight excluding hydrogens is 241 g/mol. The lowest BCUT2D eigenvalue weighted by atomic mass is 10.1. The molecule has 0 aliphatic heterocycles. The van der Waals surface area contributed by atoms with Crippen LogP contribution in [-0.4, -0.2) is 19.6 Å². The normalized spacial score (nSPS) is 11.5. The molecule has 0 aliphatic rings. The monoisotopic (exact) mass is 265 g/mol. The minimum atomic E-state index is -0.162. The predicted octanol–water partition coefficient (Wildman–Crippen LogP) is 2.99. The number of nitrogens with one attached hydrogen (secondary N) is 2. The van der Waals surface area contributed by atoms with Crippen LogP contribution in [0.5, 0.6) is 0 Å². The highest BCUT2D eigenvalue weighted by Crippen LogP contribution is 2.08. The molecule has 0 bridgehead atoms. The van der Waals surface area contributed by atoms with E-state index < -0.39 is 0 Å². The minimum absolute atomic E-state index is 0.162. The summed E-state index contributed by atoms with van der Waals surface area (Å²) in [6.45, 7) is 5.43. The van der Waals surface area contributed by atoms with Crippen molar-refractivity contribution >= 4 is 5.96 Å². The number of benzene rings is 1. The third-order valence-corrected chi connectivity index (χ3v) is 2.99. The number of aliphatic imine (C=N–C) groups is 1. The first-order chi connectivity index (χ1) is 9.17. The van der Waals surface area contributed by atoms with Crippen molar-refractivity contribution in [2.24, 2.45) is 4.99 Å². The van der Waals surface area contributed by atoms with Gasteiger partial charge in [0.15, 0.2) is 5.96 Å². The SMILES string of the molecule is CCCCCNC(=NC)NCc1ccc(C)c(F)c1. The summed E-state index contributed by atoms with van der Waals surface area (Å²) < 4.78 is 13.4. The van der Waals surface area contributed by atoms with Gasteiger partial charge in [-0.15, -0.1) is 0 Å². The van der Waals surface area contributed by atoms with Gasteiger partial charge in [0.25, 0.3) is 0 Å². The first-order valence-electron chi connectivity index (χ1n) is 6.87. The summed E-state index contributed by atoms with van der Waals surface area (Å²) in [4.78, 5) is 4.14. The van der Waals surface area contributed by atoms with Crippen molar-refractivity contribution in [2.75, 3.05) is 13.6 Å². The summed E-state index contributed by atoms with van der Waals surface area (Å²) >= 11 is 0. The minimum Gasteiger partial charge on any atom is -0.356 e. The van der Waals surface area contributed by atoms with E-state index in [4.69, 9.17) is 0 Å². The van der Waals surface area contributed by atoms with Crippen LogP contribution in [0.3, 0.4) is 0 Å². The number of halogens is 1. The highest BCUT2D eigenvalue weighted by molar-refractivity contribution is 5.79. The quantitative estimate of drug-likeness (QED) is 0.471. The van der Waals surface area contributed by atoms with Crippen molar-refractivity contribution in [3.05, 3.63) is 35.1 Å². The second kappa shape index (κ2) is 8.51. The Labute approximate surface area is 115 Å². The lowest BCUT2D eigenvalue weighted by Crippen LogP contribution is -2.37. The van der Waals surface area contributed by atoms with Gasteiger partial charge in [-0.1, -0.05) is 31.9 Å². The molecule has 0 saturated heterocycles. The van der Waals surface area contributed by atoms with Crippen LogP contribution < -0.4 is 10.6 Å².